The number of piperidine rings is 3. The summed E-state index contributed by atoms with van der Waals surface area (Å²) in [6.45, 7) is 2.84. The van der Waals surface area contributed by atoms with Gasteiger partial charge in [-0.05, 0) is 62.7 Å². The number of fused-ring (bicyclic) bond motifs is 6. The summed E-state index contributed by atoms with van der Waals surface area (Å²) in [5, 5.41) is 7.72. The molecular formula is C17H27N3. The third-order valence-corrected chi connectivity index (χ3v) is 7.97. The standard InChI is InChI=1S/C17H27N3/c1-2-15(14-6-12(1)18-14)20-8-10-5-11(9-20)16(10)17-4-3-13(7-17)19-17/h10-16,18-19H,1-9H2. The van der Waals surface area contributed by atoms with Crippen molar-refractivity contribution in [2.75, 3.05) is 13.1 Å². The van der Waals surface area contributed by atoms with E-state index in [2.05, 4.69) is 15.5 Å². The summed E-state index contributed by atoms with van der Waals surface area (Å²) in [4.78, 5) is 2.89. The van der Waals surface area contributed by atoms with Gasteiger partial charge in [0.1, 0.15) is 0 Å². The molecule has 7 atom stereocenters. The summed E-state index contributed by atoms with van der Waals surface area (Å²) < 4.78 is 0. The van der Waals surface area contributed by atoms with Gasteiger partial charge in [0, 0.05) is 42.8 Å². The molecule has 3 saturated carbocycles. The highest BCUT2D eigenvalue weighted by atomic mass is 15.3. The maximum absolute atomic E-state index is 3.94. The lowest BCUT2D eigenvalue weighted by Gasteiger charge is -2.65. The minimum atomic E-state index is 0.622. The van der Waals surface area contributed by atoms with Gasteiger partial charge in [-0.15, -0.1) is 0 Å². The molecule has 0 aromatic rings. The highest BCUT2D eigenvalue weighted by Gasteiger charge is 2.63. The van der Waals surface area contributed by atoms with Gasteiger partial charge in [-0.2, -0.15) is 0 Å². The first kappa shape index (κ1) is 11.4. The molecule has 3 nitrogen and oxygen atoms in total. The SMILES string of the molecule is C1CC(N2CC3CC(C2)C3C23CCC(C2)N3)C2CC1N2. The van der Waals surface area contributed by atoms with Gasteiger partial charge in [-0.25, -0.2) is 0 Å². The molecule has 6 heterocycles. The van der Waals surface area contributed by atoms with Crippen LogP contribution >= 0.6 is 0 Å². The molecule has 9 aliphatic rings. The van der Waals surface area contributed by atoms with Crippen molar-refractivity contribution in [3.05, 3.63) is 0 Å². The second-order valence-corrected chi connectivity index (χ2v) is 8.83. The van der Waals surface area contributed by atoms with Gasteiger partial charge >= 0.3 is 0 Å². The van der Waals surface area contributed by atoms with Crippen LogP contribution in [0.2, 0.25) is 0 Å². The fourth-order valence-electron chi connectivity index (χ4n) is 7.17. The van der Waals surface area contributed by atoms with Gasteiger partial charge in [0.15, 0.2) is 0 Å². The van der Waals surface area contributed by atoms with Crippen molar-refractivity contribution in [3.8, 4) is 0 Å². The topological polar surface area (TPSA) is 27.3 Å². The van der Waals surface area contributed by atoms with Crippen LogP contribution < -0.4 is 10.6 Å². The van der Waals surface area contributed by atoms with Gasteiger partial charge in [0.25, 0.3) is 0 Å². The molecule has 9 rings (SSSR count). The third-order valence-electron chi connectivity index (χ3n) is 7.97. The van der Waals surface area contributed by atoms with Crippen LogP contribution in [0.25, 0.3) is 0 Å². The molecule has 0 aromatic heterocycles. The van der Waals surface area contributed by atoms with Crippen LogP contribution in [-0.2, 0) is 0 Å². The van der Waals surface area contributed by atoms with Crippen molar-refractivity contribution in [1.29, 1.82) is 0 Å². The zero-order valence-electron chi connectivity index (χ0n) is 12.4. The molecule has 110 valence electrons. The minimum Gasteiger partial charge on any atom is -0.310 e. The van der Waals surface area contributed by atoms with Gasteiger partial charge in [-0.1, -0.05) is 0 Å². The van der Waals surface area contributed by atoms with Crippen LogP contribution in [0.4, 0.5) is 0 Å². The average Bonchev–Trinajstić information content (AvgIpc) is 2.98. The number of hydrogen-bond acceptors (Lipinski definition) is 3. The predicted molar refractivity (Wildman–Crippen MR) is 78.5 cm³/mol. The summed E-state index contributed by atoms with van der Waals surface area (Å²) in [6.07, 6.45) is 10.4. The minimum absolute atomic E-state index is 0.622. The monoisotopic (exact) mass is 273 g/mol. The molecular weight excluding hydrogens is 246 g/mol. The molecule has 2 N–H and O–H groups in total. The Balaban J connectivity index is 1.18. The second kappa shape index (κ2) is 3.61. The third kappa shape index (κ3) is 1.29. The van der Waals surface area contributed by atoms with Gasteiger partial charge in [0.2, 0.25) is 0 Å². The van der Waals surface area contributed by atoms with Crippen LogP contribution in [0.3, 0.4) is 0 Å². The van der Waals surface area contributed by atoms with Gasteiger partial charge in [0.05, 0.1) is 0 Å². The van der Waals surface area contributed by atoms with Crippen molar-refractivity contribution in [2.45, 2.75) is 74.7 Å². The number of hydrogen-bond donors (Lipinski definition) is 2. The summed E-state index contributed by atoms with van der Waals surface area (Å²) in [7, 11) is 0. The highest BCUT2D eigenvalue weighted by molar-refractivity contribution is 5.20. The van der Waals surface area contributed by atoms with Crippen LogP contribution in [0.5, 0.6) is 0 Å². The van der Waals surface area contributed by atoms with E-state index in [0.717, 1.165) is 41.9 Å². The molecule has 6 aliphatic heterocycles. The Hall–Kier alpha value is -0.120. The zero-order valence-corrected chi connectivity index (χ0v) is 12.4. The van der Waals surface area contributed by atoms with E-state index in [1.54, 1.807) is 6.42 Å². The Labute approximate surface area is 121 Å². The Bertz CT molecular complexity index is 417. The summed E-state index contributed by atoms with van der Waals surface area (Å²) in [5.74, 6) is 3.10. The molecule has 0 aromatic carbocycles. The molecule has 3 aliphatic carbocycles. The molecule has 6 bridgehead atoms. The maximum Gasteiger partial charge on any atom is 0.0250 e. The van der Waals surface area contributed by atoms with Gasteiger partial charge in [-0.3, -0.25) is 4.90 Å². The van der Waals surface area contributed by atoms with Crippen molar-refractivity contribution in [1.82, 2.24) is 15.5 Å². The molecule has 7 unspecified atom stereocenters. The van der Waals surface area contributed by atoms with Crippen molar-refractivity contribution in [2.24, 2.45) is 17.8 Å². The zero-order chi connectivity index (χ0) is 12.9. The van der Waals surface area contributed by atoms with Crippen LogP contribution in [0, 0.1) is 17.8 Å². The van der Waals surface area contributed by atoms with E-state index in [-0.39, 0.29) is 0 Å². The van der Waals surface area contributed by atoms with Crippen molar-refractivity contribution in [3.63, 3.8) is 0 Å². The molecule has 0 amide bonds. The van der Waals surface area contributed by atoms with Crippen molar-refractivity contribution >= 4 is 0 Å². The molecule has 0 spiro atoms. The summed E-state index contributed by atoms with van der Waals surface area (Å²) in [6, 6.07) is 3.52. The lowest BCUT2D eigenvalue weighted by molar-refractivity contribution is -0.128. The van der Waals surface area contributed by atoms with E-state index in [1.807, 2.05) is 0 Å². The van der Waals surface area contributed by atoms with E-state index >= 15 is 0 Å². The van der Waals surface area contributed by atoms with E-state index in [9.17, 15) is 0 Å². The Morgan fingerprint density at radius 1 is 0.950 bits per heavy atom. The first-order chi connectivity index (χ1) is 9.81. The Morgan fingerprint density at radius 2 is 1.75 bits per heavy atom. The highest BCUT2D eigenvalue weighted by Crippen LogP contribution is 2.59. The van der Waals surface area contributed by atoms with E-state index < -0.39 is 0 Å². The summed E-state index contributed by atoms with van der Waals surface area (Å²) in [5.41, 5.74) is 0.622. The fraction of sp³-hybridized carbons (Fsp3) is 1.00. The molecule has 6 saturated heterocycles. The molecule has 3 heteroatoms. The first-order valence-corrected chi connectivity index (χ1v) is 9.08. The average molecular weight is 273 g/mol. The second-order valence-electron chi connectivity index (χ2n) is 8.83. The number of nitrogens with zero attached hydrogens (tertiary/aromatic N) is 1. The lowest BCUT2D eigenvalue weighted by Crippen LogP contribution is -2.74. The number of nitrogens with one attached hydrogen (secondary N) is 2. The normalized spacial score (nSPS) is 63.3. The van der Waals surface area contributed by atoms with Gasteiger partial charge < -0.3 is 10.6 Å². The van der Waals surface area contributed by atoms with E-state index in [0.29, 0.717) is 5.54 Å². The van der Waals surface area contributed by atoms with Crippen molar-refractivity contribution < 1.29 is 0 Å². The predicted octanol–water partition coefficient (Wildman–Crippen LogP) is 1.34. The largest absolute Gasteiger partial charge is 0.310 e. The Morgan fingerprint density at radius 3 is 2.35 bits per heavy atom. The maximum atomic E-state index is 3.94. The van der Waals surface area contributed by atoms with E-state index in [4.69, 9.17) is 0 Å². The lowest BCUT2D eigenvalue weighted by atomic mass is 9.52. The Kier molecular flexibility index (Phi) is 2.07. The summed E-state index contributed by atoms with van der Waals surface area (Å²) >= 11 is 0. The smallest absolute Gasteiger partial charge is 0.0250 e. The quantitative estimate of drug-likeness (QED) is 0.795. The fourth-order valence-corrected chi connectivity index (χ4v) is 7.17. The van der Waals surface area contributed by atoms with Crippen LogP contribution in [0.1, 0.15) is 44.9 Å². The molecule has 9 fully saturated rings. The van der Waals surface area contributed by atoms with Crippen LogP contribution in [-0.4, -0.2) is 47.7 Å². The number of rotatable bonds is 2. The molecule has 20 heavy (non-hydrogen) atoms. The molecule has 0 radical (unpaired) electrons. The van der Waals surface area contributed by atoms with E-state index in [1.165, 1.54) is 51.6 Å². The van der Waals surface area contributed by atoms with Crippen LogP contribution in [0.15, 0.2) is 0 Å². The first-order valence-electron chi connectivity index (χ1n) is 9.08.